The summed E-state index contributed by atoms with van der Waals surface area (Å²) in [6.07, 6.45) is 3.51. The second kappa shape index (κ2) is 6.84. The van der Waals surface area contributed by atoms with Crippen LogP contribution in [0.5, 0.6) is 11.5 Å². The quantitative estimate of drug-likeness (QED) is 0.524. The number of aromatic nitrogens is 2. The lowest BCUT2D eigenvalue weighted by atomic mass is 9.95. The molecule has 0 saturated heterocycles. The molecule has 0 N–H and O–H groups in total. The fraction of sp³-hybridized carbons (Fsp3) is 0.0909. The van der Waals surface area contributed by atoms with Crippen molar-refractivity contribution in [2.24, 2.45) is 0 Å². The molecule has 0 amide bonds. The van der Waals surface area contributed by atoms with Gasteiger partial charge in [0.25, 0.3) is 0 Å². The van der Waals surface area contributed by atoms with E-state index < -0.39 is 0 Å². The molecule has 0 aliphatic heterocycles. The minimum atomic E-state index is 0.696. The normalized spacial score (nSPS) is 10.7. The van der Waals surface area contributed by atoms with Crippen molar-refractivity contribution < 1.29 is 9.47 Å². The van der Waals surface area contributed by atoms with Crippen LogP contribution < -0.4 is 9.47 Å². The number of hydrogen-bond acceptors (Lipinski definition) is 4. The molecule has 0 spiro atoms. The van der Waals surface area contributed by atoms with Gasteiger partial charge < -0.3 is 9.47 Å². The van der Waals surface area contributed by atoms with E-state index in [-0.39, 0.29) is 0 Å². The summed E-state index contributed by atoms with van der Waals surface area (Å²) in [5.74, 6) is 2.10. The van der Waals surface area contributed by atoms with Gasteiger partial charge in [0.2, 0.25) is 0 Å². The zero-order valence-corrected chi connectivity index (χ0v) is 14.6. The molecule has 1 heterocycles. The number of nitrogens with zero attached hydrogens (tertiary/aromatic N) is 2. The maximum Gasteiger partial charge on any atom is 0.161 e. The van der Waals surface area contributed by atoms with E-state index in [0.29, 0.717) is 17.3 Å². The van der Waals surface area contributed by atoms with Gasteiger partial charge in [-0.2, -0.15) is 0 Å². The second-order valence-corrected chi connectivity index (χ2v) is 5.89. The average molecular weight is 342 g/mol. The Morgan fingerprint density at radius 3 is 2.08 bits per heavy atom. The molecule has 4 rings (SSSR count). The molecule has 4 nitrogen and oxygen atoms in total. The molecule has 0 bridgehead atoms. The summed E-state index contributed by atoms with van der Waals surface area (Å²) in [5.41, 5.74) is 3.19. The highest BCUT2D eigenvalue weighted by molar-refractivity contribution is 6.01. The monoisotopic (exact) mass is 342 g/mol. The molecule has 0 radical (unpaired) electrons. The number of methoxy groups -OCH3 is 2. The molecule has 26 heavy (non-hydrogen) atoms. The largest absolute Gasteiger partial charge is 0.493 e. The molecule has 0 aliphatic rings. The lowest BCUT2D eigenvalue weighted by molar-refractivity contribution is 0.356. The Hall–Kier alpha value is -3.40. The predicted octanol–water partition coefficient (Wildman–Crippen LogP) is 4.98. The molecule has 3 aromatic carbocycles. The maximum absolute atomic E-state index is 5.50. The Bertz CT molecular complexity index is 1050. The minimum Gasteiger partial charge on any atom is -0.493 e. The van der Waals surface area contributed by atoms with Crippen molar-refractivity contribution in [3.05, 3.63) is 73.1 Å². The highest BCUT2D eigenvalue weighted by Gasteiger charge is 2.13. The van der Waals surface area contributed by atoms with Crippen LogP contribution in [0.15, 0.2) is 73.1 Å². The maximum atomic E-state index is 5.50. The molecule has 0 atom stereocenters. The van der Waals surface area contributed by atoms with Crippen molar-refractivity contribution in [3.8, 4) is 34.0 Å². The predicted molar refractivity (Wildman–Crippen MR) is 104 cm³/mol. The van der Waals surface area contributed by atoms with Gasteiger partial charge in [0.15, 0.2) is 17.3 Å². The van der Waals surface area contributed by atoms with Crippen molar-refractivity contribution in [2.45, 2.75) is 0 Å². The van der Waals surface area contributed by atoms with E-state index in [2.05, 4.69) is 34.2 Å². The molecule has 0 aliphatic carbocycles. The third kappa shape index (κ3) is 2.86. The van der Waals surface area contributed by atoms with Crippen LogP contribution in [0.2, 0.25) is 0 Å². The Labute approximate surface area is 152 Å². The molecule has 128 valence electrons. The zero-order chi connectivity index (χ0) is 17.9. The summed E-state index contributed by atoms with van der Waals surface area (Å²) in [4.78, 5) is 8.80. The second-order valence-electron chi connectivity index (χ2n) is 5.89. The SMILES string of the molecule is COc1cc2cc(-c3ncccn3)cc(-c3ccccc3)c2cc1OC. The van der Waals surface area contributed by atoms with Gasteiger partial charge in [0.05, 0.1) is 14.2 Å². The van der Waals surface area contributed by atoms with E-state index in [9.17, 15) is 0 Å². The van der Waals surface area contributed by atoms with Gasteiger partial charge in [-0.3, -0.25) is 0 Å². The first-order chi connectivity index (χ1) is 12.8. The third-order valence-electron chi connectivity index (χ3n) is 4.37. The number of benzene rings is 3. The van der Waals surface area contributed by atoms with Gasteiger partial charge in [-0.1, -0.05) is 30.3 Å². The average Bonchev–Trinajstić information content (AvgIpc) is 2.73. The number of fused-ring (bicyclic) bond motifs is 1. The highest BCUT2D eigenvalue weighted by atomic mass is 16.5. The van der Waals surface area contributed by atoms with Crippen LogP contribution in [0.25, 0.3) is 33.3 Å². The molecule has 0 unspecified atom stereocenters. The smallest absolute Gasteiger partial charge is 0.161 e. The summed E-state index contributed by atoms with van der Waals surface area (Å²) in [7, 11) is 3.30. The molecule has 0 saturated carbocycles. The summed E-state index contributed by atoms with van der Waals surface area (Å²) >= 11 is 0. The Kier molecular flexibility index (Phi) is 4.23. The highest BCUT2D eigenvalue weighted by Crippen LogP contribution is 2.39. The first-order valence-corrected chi connectivity index (χ1v) is 8.33. The van der Waals surface area contributed by atoms with Gasteiger partial charge >= 0.3 is 0 Å². The molecular weight excluding hydrogens is 324 g/mol. The molecular formula is C22H18N2O2. The van der Waals surface area contributed by atoms with E-state index in [1.54, 1.807) is 26.6 Å². The Morgan fingerprint density at radius 2 is 1.38 bits per heavy atom. The van der Waals surface area contributed by atoms with Crippen LogP contribution in [0.4, 0.5) is 0 Å². The van der Waals surface area contributed by atoms with Crippen molar-refractivity contribution in [1.29, 1.82) is 0 Å². The van der Waals surface area contributed by atoms with E-state index in [1.165, 1.54) is 0 Å². The van der Waals surface area contributed by atoms with Crippen LogP contribution in [0, 0.1) is 0 Å². The van der Waals surface area contributed by atoms with Crippen LogP contribution in [0.3, 0.4) is 0 Å². The van der Waals surface area contributed by atoms with Crippen LogP contribution >= 0.6 is 0 Å². The summed E-state index contributed by atoms with van der Waals surface area (Å²) in [6, 6.07) is 20.3. The molecule has 0 fully saturated rings. The van der Waals surface area contributed by atoms with E-state index in [0.717, 1.165) is 27.5 Å². The molecule has 4 heteroatoms. The van der Waals surface area contributed by atoms with E-state index in [1.807, 2.05) is 36.4 Å². The van der Waals surface area contributed by atoms with E-state index >= 15 is 0 Å². The fourth-order valence-corrected chi connectivity index (χ4v) is 3.12. The first kappa shape index (κ1) is 16.1. The topological polar surface area (TPSA) is 44.2 Å². The van der Waals surface area contributed by atoms with Crippen molar-refractivity contribution in [3.63, 3.8) is 0 Å². The Morgan fingerprint density at radius 1 is 0.692 bits per heavy atom. The lowest BCUT2D eigenvalue weighted by Crippen LogP contribution is -1.93. The minimum absolute atomic E-state index is 0.696. The van der Waals surface area contributed by atoms with Crippen LogP contribution in [0.1, 0.15) is 0 Å². The zero-order valence-electron chi connectivity index (χ0n) is 14.6. The fourth-order valence-electron chi connectivity index (χ4n) is 3.12. The molecule has 4 aromatic rings. The number of hydrogen-bond donors (Lipinski definition) is 0. The summed E-state index contributed by atoms with van der Waals surface area (Å²) in [6.45, 7) is 0. The van der Waals surface area contributed by atoms with Gasteiger partial charge in [-0.25, -0.2) is 9.97 Å². The van der Waals surface area contributed by atoms with Crippen molar-refractivity contribution in [1.82, 2.24) is 9.97 Å². The Balaban J connectivity index is 2.05. The molecule has 1 aromatic heterocycles. The van der Waals surface area contributed by atoms with E-state index in [4.69, 9.17) is 9.47 Å². The summed E-state index contributed by atoms with van der Waals surface area (Å²) in [5, 5.41) is 2.14. The summed E-state index contributed by atoms with van der Waals surface area (Å²) < 4.78 is 11.0. The lowest BCUT2D eigenvalue weighted by Gasteiger charge is -2.14. The first-order valence-electron chi connectivity index (χ1n) is 8.33. The van der Waals surface area contributed by atoms with Crippen molar-refractivity contribution >= 4 is 10.8 Å². The van der Waals surface area contributed by atoms with Gasteiger partial charge in [-0.15, -0.1) is 0 Å². The van der Waals surface area contributed by atoms with Crippen molar-refractivity contribution in [2.75, 3.05) is 14.2 Å². The van der Waals surface area contributed by atoms with Gasteiger partial charge in [0, 0.05) is 18.0 Å². The number of rotatable bonds is 4. The van der Waals surface area contributed by atoms with Gasteiger partial charge in [0.1, 0.15) is 0 Å². The van der Waals surface area contributed by atoms with Gasteiger partial charge in [-0.05, 0) is 52.2 Å². The van der Waals surface area contributed by atoms with Crippen LogP contribution in [-0.2, 0) is 0 Å². The number of ether oxygens (including phenoxy) is 2. The standard InChI is InChI=1S/C22H18N2O2/c1-25-20-13-16-11-17(22-23-9-6-10-24-22)12-18(15-7-4-3-5-8-15)19(16)14-21(20)26-2/h3-14H,1-2H3. The van der Waals surface area contributed by atoms with Crippen LogP contribution in [-0.4, -0.2) is 24.2 Å². The third-order valence-corrected chi connectivity index (χ3v) is 4.37.